The van der Waals surface area contributed by atoms with Gasteiger partial charge in [0.25, 0.3) is 0 Å². The van der Waals surface area contributed by atoms with Crippen LogP contribution in [0.3, 0.4) is 0 Å². The Balaban J connectivity index is 2.39. The van der Waals surface area contributed by atoms with Gasteiger partial charge in [0, 0.05) is 12.3 Å². The summed E-state index contributed by atoms with van der Waals surface area (Å²) in [5.41, 5.74) is -1.30. The summed E-state index contributed by atoms with van der Waals surface area (Å²) in [6.45, 7) is 3.66. The second-order valence-corrected chi connectivity index (χ2v) is 5.71. The van der Waals surface area contributed by atoms with Gasteiger partial charge in [-0.2, -0.15) is 0 Å². The number of carbonyl (C=O) groups excluding carboxylic acids is 2. The molecule has 3 unspecified atom stereocenters. The topological polar surface area (TPSA) is 74.7 Å². The molecule has 2 aliphatic rings. The van der Waals surface area contributed by atoms with Gasteiger partial charge in [-0.05, 0) is 18.8 Å². The average Bonchev–Trinajstić information content (AvgIpc) is 2.53. The molecular weight excluding hydrogens is 234 g/mol. The van der Waals surface area contributed by atoms with E-state index in [9.17, 15) is 19.5 Å². The lowest BCUT2D eigenvalue weighted by Gasteiger charge is -2.42. The maximum atomic E-state index is 12.1. The highest BCUT2D eigenvalue weighted by atomic mass is 16.4. The molecule has 1 N–H and O–H groups in total. The smallest absolute Gasteiger partial charge is 0.330 e. The highest BCUT2D eigenvalue weighted by Crippen LogP contribution is 2.40. The number of nitrogens with zero attached hydrogens (tertiary/aromatic N) is 1. The molecule has 3 atom stereocenters. The Hall–Kier alpha value is -1.39. The van der Waals surface area contributed by atoms with Gasteiger partial charge in [-0.3, -0.25) is 14.5 Å². The van der Waals surface area contributed by atoms with Crippen molar-refractivity contribution in [3.05, 3.63) is 0 Å². The van der Waals surface area contributed by atoms with E-state index in [0.717, 1.165) is 17.7 Å². The molecule has 0 bridgehead atoms. The Kier molecular flexibility index (Phi) is 3.17. The number of likely N-dealkylation sites (tertiary alicyclic amines) is 1. The van der Waals surface area contributed by atoms with Crippen molar-refractivity contribution in [2.75, 3.05) is 0 Å². The molecular formula is C13H19NO4. The van der Waals surface area contributed by atoms with Gasteiger partial charge >= 0.3 is 5.97 Å². The molecule has 2 fully saturated rings. The molecule has 0 aromatic carbocycles. The van der Waals surface area contributed by atoms with E-state index in [1.165, 1.54) is 0 Å². The van der Waals surface area contributed by atoms with Crippen LogP contribution in [0.2, 0.25) is 0 Å². The maximum Gasteiger partial charge on any atom is 0.330 e. The third-order valence-corrected chi connectivity index (χ3v) is 4.17. The first kappa shape index (κ1) is 13.1. The van der Waals surface area contributed by atoms with Crippen molar-refractivity contribution in [3.63, 3.8) is 0 Å². The molecule has 0 aromatic heterocycles. The van der Waals surface area contributed by atoms with E-state index < -0.39 is 11.5 Å². The van der Waals surface area contributed by atoms with E-state index in [-0.39, 0.29) is 30.1 Å². The zero-order valence-electron chi connectivity index (χ0n) is 10.8. The van der Waals surface area contributed by atoms with Gasteiger partial charge < -0.3 is 5.11 Å². The fourth-order valence-electron chi connectivity index (χ4n) is 3.25. The second-order valence-electron chi connectivity index (χ2n) is 5.71. The van der Waals surface area contributed by atoms with Crippen LogP contribution >= 0.6 is 0 Å². The van der Waals surface area contributed by atoms with Crippen molar-refractivity contribution < 1.29 is 19.5 Å². The fraction of sp³-hybridized carbons (Fsp3) is 0.769. The van der Waals surface area contributed by atoms with Crippen LogP contribution in [0.5, 0.6) is 0 Å². The predicted octanol–water partition coefficient (Wildman–Crippen LogP) is 1.41. The predicted molar refractivity (Wildman–Crippen MR) is 63.6 cm³/mol. The number of hydrogen-bond donors (Lipinski definition) is 1. The minimum absolute atomic E-state index is 0.141. The van der Waals surface area contributed by atoms with Crippen LogP contribution < -0.4 is 0 Å². The van der Waals surface area contributed by atoms with Crippen LogP contribution in [0, 0.1) is 11.8 Å². The minimum atomic E-state index is -1.30. The van der Waals surface area contributed by atoms with E-state index in [4.69, 9.17) is 0 Å². The summed E-state index contributed by atoms with van der Waals surface area (Å²) < 4.78 is 0. The number of carboxylic acids is 1. The van der Waals surface area contributed by atoms with Crippen molar-refractivity contribution in [3.8, 4) is 0 Å². The molecule has 1 aliphatic carbocycles. The summed E-state index contributed by atoms with van der Waals surface area (Å²) in [5.74, 6) is -1.84. The number of imide groups is 1. The molecule has 1 saturated carbocycles. The fourth-order valence-corrected chi connectivity index (χ4v) is 3.25. The van der Waals surface area contributed by atoms with Gasteiger partial charge in [0.05, 0.1) is 0 Å². The first-order chi connectivity index (χ1) is 8.38. The summed E-state index contributed by atoms with van der Waals surface area (Å²) in [7, 11) is 0. The maximum absolute atomic E-state index is 12.1. The quantitative estimate of drug-likeness (QED) is 0.755. The molecule has 0 spiro atoms. The number of aliphatic carboxylic acids is 1. The van der Waals surface area contributed by atoms with Crippen molar-refractivity contribution >= 4 is 17.8 Å². The van der Waals surface area contributed by atoms with Crippen LogP contribution in [0.25, 0.3) is 0 Å². The molecule has 0 radical (unpaired) electrons. The highest BCUT2D eigenvalue weighted by molar-refractivity contribution is 6.07. The normalized spacial score (nSPS) is 37.1. The minimum Gasteiger partial charge on any atom is -0.479 e. The highest BCUT2D eigenvalue weighted by Gasteiger charge is 2.55. The van der Waals surface area contributed by atoms with E-state index >= 15 is 0 Å². The third-order valence-electron chi connectivity index (χ3n) is 4.17. The van der Waals surface area contributed by atoms with Gasteiger partial charge in [-0.1, -0.05) is 26.7 Å². The van der Waals surface area contributed by atoms with Gasteiger partial charge in [-0.25, -0.2) is 4.79 Å². The summed E-state index contributed by atoms with van der Waals surface area (Å²) >= 11 is 0. The molecule has 5 nitrogen and oxygen atoms in total. The Morgan fingerprint density at radius 1 is 1.39 bits per heavy atom. The number of carboxylic acid groups (broad SMARTS) is 1. The Morgan fingerprint density at radius 2 is 2.06 bits per heavy atom. The molecule has 0 aromatic rings. The zero-order valence-corrected chi connectivity index (χ0v) is 10.8. The standard InChI is InChI=1S/C13H19NO4/c1-8-4-3-5-13(7-8,12(17)18)14-10(15)6-9(2)11(14)16/h8-9H,3-7H2,1-2H3,(H,17,18). The monoisotopic (exact) mass is 253 g/mol. The first-order valence-corrected chi connectivity index (χ1v) is 6.49. The molecule has 1 saturated heterocycles. The SMILES string of the molecule is CC1CCCC(C(=O)O)(N2C(=O)CC(C)C2=O)C1. The Labute approximate surface area is 106 Å². The van der Waals surface area contributed by atoms with Gasteiger partial charge in [0.2, 0.25) is 11.8 Å². The molecule has 100 valence electrons. The average molecular weight is 253 g/mol. The van der Waals surface area contributed by atoms with Crippen LogP contribution in [0.15, 0.2) is 0 Å². The third kappa shape index (κ3) is 1.82. The van der Waals surface area contributed by atoms with Crippen molar-refractivity contribution in [1.29, 1.82) is 0 Å². The van der Waals surface area contributed by atoms with Crippen LogP contribution in [-0.4, -0.2) is 33.3 Å². The molecule has 1 heterocycles. The van der Waals surface area contributed by atoms with Gasteiger partial charge in [0.15, 0.2) is 0 Å². The Bertz CT molecular complexity index is 406. The summed E-state index contributed by atoms with van der Waals surface area (Å²) in [6, 6.07) is 0. The van der Waals surface area contributed by atoms with E-state index in [1.54, 1.807) is 6.92 Å². The van der Waals surface area contributed by atoms with Crippen LogP contribution in [0.4, 0.5) is 0 Å². The summed E-state index contributed by atoms with van der Waals surface area (Å²) in [4.78, 5) is 36.7. The lowest BCUT2D eigenvalue weighted by Crippen LogP contribution is -2.59. The summed E-state index contributed by atoms with van der Waals surface area (Å²) in [6.07, 6.45) is 2.62. The van der Waals surface area contributed by atoms with Gasteiger partial charge in [0.1, 0.15) is 5.54 Å². The number of rotatable bonds is 2. The van der Waals surface area contributed by atoms with Crippen LogP contribution in [-0.2, 0) is 14.4 Å². The van der Waals surface area contributed by atoms with E-state index in [0.29, 0.717) is 12.8 Å². The van der Waals surface area contributed by atoms with Crippen molar-refractivity contribution in [1.82, 2.24) is 4.90 Å². The van der Waals surface area contributed by atoms with Gasteiger partial charge in [-0.15, -0.1) is 0 Å². The number of amides is 2. The molecule has 2 amide bonds. The van der Waals surface area contributed by atoms with E-state index in [2.05, 4.69) is 0 Å². The number of carbonyl (C=O) groups is 3. The Morgan fingerprint density at radius 3 is 2.50 bits per heavy atom. The molecule has 5 heteroatoms. The largest absolute Gasteiger partial charge is 0.479 e. The number of hydrogen-bond acceptors (Lipinski definition) is 3. The van der Waals surface area contributed by atoms with Crippen molar-refractivity contribution in [2.24, 2.45) is 11.8 Å². The molecule has 2 rings (SSSR count). The van der Waals surface area contributed by atoms with Crippen molar-refractivity contribution in [2.45, 2.75) is 51.5 Å². The first-order valence-electron chi connectivity index (χ1n) is 6.49. The lowest BCUT2D eigenvalue weighted by molar-refractivity contribution is -0.167. The zero-order chi connectivity index (χ0) is 13.5. The van der Waals surface area contributed by atoms with Crippen LogP contribution in [0.1, 0.15) is 46.0 Å². The lowest BCUT2D eigenvalue weighted by atomic mass is 9.75. The molecule has 18 heavy (non-hydrogen) atoms. The molecule has 1 aliphatic heterocycles. The van der Waals surface area contributed by atoms with E-state index in [1.807, 2.05) is 6.92 Å². The second kappa shape index (κ2) is 4.37. The summed E-state index contributed by atoms with van der Waals surface area (Å²) in [5, 5.41) is 9.54.